The van der Waals surface area contributed by atoms with E-state index >= 15 is 0 Å². The lowest BCUT2D eigenvalue weighted by molar-refractivity contribution is -0.138. The maximum absolute atomic E-state index is 12.7. The summed E-state index contributed by atoms with van der Waals surface area (Å²) in [6, 6.07) is 0. The van der Waals surface area contributed by atoms with Crippen molar-refractivity contribution in [2.45, 2.75) is 32.8 Å². The van der Waals surface area contributed by atoms with E-state index in [4.69, 9.17) is 9.26 Å². The van der Waals surface area contributed by atoms with Crippen LogP contribution < -0.4 is 0 Å². The van der Waals surface area contributed by atoms with E-state index in [1.54, 1.807) is 22.4 Å². The van der Waals surface area contributed by atoms with Crippen molar-refractivity contribution in [1.82, 2.24) is 30.0 Å². The van der Waals surface area contributed by atoms with Crippen LogP contribution in [0.15, 0.2) is 22.4 Å². The van der Waals surface area contributed by atoms with Crippen LogP contribution in [0.2, 0.25) is 0 Å². The molecule has 1 amide bonds. The van der Waals surface area contributed by atoms with Gasteiger partial charge >= 0.3 is 0 Å². The Bertz CT molecular complexity index is 972. The molecular weight excluding hydrogens is 380 g/mol. The summed E-state index contributed by atoms with van der Waals surface area (Å²) < 4.78 is 11.1. The quantitative estimate of drug-likeness (QED) is 0.640. The van der Waals surface area contributed by atoms with Gasteiger partial charge < -0.3 is 14.2 Å². The normalized spacial score (nSPS) is 17.1. The number of aromatic nitrogens is 5. The van der Waals surface area contributed by atoms with Crippen LogP contribution in [0.5, 0.6) is 0 Å². The number of carbonyl (C=O) groups is 1. The van der Waals surface area contributed by atoms with Gasteiger partial charge in [-0.2, -0.15) is 4.98 Å². The van der Waals surface area contributed by atoms with E-state index in [0.717, 1.165) is 10.7 Å². The van der Waals surface area contributed by atoms with Crippen LogP contribution >= 0.6 is 11.3 Å². The lowest BCUT2D eigenvalue weighted by Gasteiger charge is -2.33. The number of hydrogen-bond donors (Lipinski definition) is 0. The zero-order valence-corrected chi connectivity index (χ0v) is 16.5. The highest BCUT2D eigenvalue weighted by Crippen LogP contribution is 2.28. The molecule has 1 atom stereocenters. The van der Waals surface area contributed by atoms with Gasteiger partial charge in [-0.25, -0.2) is 15.0 Å². The lowest BCUT2D eigenvalue weighted by Crippen LogP contribution is -2.43. The van der Waals surface area contributed by atoms with Gasteiger partial charge in [0.05, 0.1) is 41.5 Å². The first-order valence-electron chi connectivity index (χ1n) is 9.07. The maximum atomic E-state index is 12.7. The fourth-order valence-corrected chi connectivity index (χ4v) is 3.69. The minimum atomic E-state index is -0.378. The Morgan fingerprint density at radius 1 is 1.39 bits per heavy atom. The van der Waals surface area contributed by atoms with Crippen LogP contribution in [0.25, 0.3) is 11.4 Å². The molecule has 1 aliphatic heterocycles. The Morgan fingerprint density at radius 3 is 3.04 bits per heavy atom. The SMILES string of the molecule is CCc1nc(-c2cncnc2C2CN(C(=O)Cc3csc(C)n3)CCO2)no1. The predicted molar refractivity (Wildman–Crippen MR) is 101 cm³/mol. The summed E-state index contributed by atoms with van der Waals surface area (Å²) in [6.45, 7) is 5.26. The first-order valence-corrected chi connectivity index (χ1v) is 9.95. The average molecular weight is 400 g/mol. The molecule has 0 aliphatic carbocycles. The molecule has 0 spiro atoms. The molecular formula is C18H20N6O3S. The van der Waals surface area contributed by atoms with Gasteiger partial charge in [-0.3, -0.25) is 4.79 Å². The Morgan fingerprint density at radius 2 is 2.29 bits per heavy atom. The van der Waals surface area contributed by atoms with Crippen molar-refractivity contribution >= 4 is 17.2 Å². The number of hydrogen-bond acceptors (Lipinski definition) is 9. The standard InChI is InChI=1S/C18H20N6O3S/c1-3-15-22-18(23-27-15)13-7-19-10-20-17(13)14-8-24(4-5-26-14)16(25)6-12-9-28-11(2)21-12/h7,9-10,14H,3-6,8H2,1-2H3. The molecule has 146 valence electrons. The number of ether oxygens (including phenoxy) is 1. The van der Waals surface area contributed by atoms with Crippen LogP contribution in [0.4, 0.5) is 0 Å². The highest BCUT2D eigenvalue weighted by atomic mass is 32.1. The van der Waals surface area contributed by atoms with E-state index in [1.807, 2.05) is 19.2 Å². The monoisotopic (exact) mass is 400 g/mol. The van der Waals surface area contributed by atoms with E-state index in [-0.39, 0.29) is 12.0 Å². The van der Waals surface area contributed by atoms with Crippen molar-refractivity contribution in [3.05, 3.63) is 40.2 Å². The summed E-state index contributed by atoms with van der Waals surface area (Å²) in [5, 5.41) is 6.90. The highest BCUT2D eigenvalue weighted by Gasteiger charge is 2.29. The topological polar surface area (TPSA) is 107 Å². The molecule has 4 rings (SSSR count). The van der Waals surface area contributed by atoms with Crippen LogP contribution in [0.3, 0.4) is 0 Å². The fourth-order valence-electron chi connectivity index (χ4n) is 3.07. The first-order chi connectivity index (χ1) is 13.6. The number of nitrogens with zero attached hydrogens (tertiary/aromatic N) is 6. The second-order valence-electron chi connectivity index (χ2n) is 6.42. The molecule has 1 aliphatic rings. The van der Waals surface area contributed by atoms with Crippen molar-refractivity contribution in [2.75, 3.05) is 19.7 Å². The van der Waals surface area contributed by atoms with Crippen LogP contribution in [-0.2, 0) is 22.4 Å². The molecule has 0 aromatic carbocycles. The number of amides is 1. The van der Waals surface area contributed by atoms with E-state index in [1.165, 1.54) is 6.33 Å². The predicted octanol–water partition coefficient (Wildman–Crippen LogP) is 2.00. The molecule has 28 heavy (non-hydrogen) atoms. The van der Waals surface area contributed by atoms with Crippen LogP contribution in [0, 0.1) is 6.92 Å². The summed E-state index contributed by atoms with van der Waals surface area (Å²) in [4.78, 5) is 31.7. The number of aryl methyl sites for hydroxylation is 2. The fraction of sp³-hybridized carbons (Fsp3) is 0.444. The van der Waals surface area contributed by atoms with E-state index in [2.05, 4.69) is 25.1 Å². The summed E-state index contributed by atoms with van der Waals surface area (Å²) in [5.74, 6) is 1.00. The van der Waals surface area contributed by atoms with Crippen LogP contribution in [0.1, 0.15) is 35.3 Å². The van der Waals surface area contributed by atoms with Gasteiger partial charge in [-0.1, -0.05) is 12.1 Å². The summed E-state index contributed by atoms with van der Waals surface area (Å²) in [7, 11) is 0. The second kappa shape index (κ2) is 8.11. The second-order valence-corrected chi connectivity index (χ2v) is 7.48. The summed E-state index contributed by atoms with van der Waals surface area (Å²) >= 11 is 1.55. The number of carbonyl (C=O) groups excluding carboxylic acids is 1. The summed E-state index contributed by atoms with van der Waals surface area (Å²) in [6.07, 6.45) is 3.67. The molecule has 0 bridgehead atoms. The van der Waals surface area contributed by atoms with Gasteiger partial charge in [0.2, 0.25) is 17.6 Å². The van der Waals surface area contributed by atoms with E-state index < -0.39 is 0 Å². The third-order valence-electron chi connectivity index (χ3n) is 4.48. The molecule has 4 heterocycles. The molecule has 1 fully saturated rings. The zero-order chi connectivity index (χ0) is 19.5. The zero-order valence-electron chi connectivity index (χ0n) is 15.7. The average Bonchev–Trinajstić information content (AvgIpc) is 3.37. The molecule has 9 nitrogen and oxygen atoms in total. The third-order valence-corrected chi connectivity index (χ3v) is 5.30. The molecule has 0 saturated carbocycles. The number of morpholine rings is 1. The van der Waals surface area contributed by atoms with Crippen molar-refractivity contribution in [3.63, 3.8) is 0 Å². The summed E-state index contributed by atoms with van der Waals surface area (Å²) in [5.41, 5.74) is 2.11. The minimum absolute atomic E-state index is 0.0297. The molecule has 1 unspecified atom stereocenters. The Hall–Kier alpha value is -2.72. The van der Waals surface area contributed by atoms with Gasteiger partial charge in [-0.15, -0.1) is 11.3 Å². The molecule has 0 radical (unpaired) electrons. The largest absolute Gasteiger partial charge is 0.368 e. The lowest BCUT2D eigenvalue weighted by atomic mass is 10.1. The van der Waals surface area contributed by atoms with E-state index in [9.17, 15) is 4.79 Å². The van der Waals surface area contributed by atoms with Gasteiger partial charge in [0.1, 0.15) is 12.4 Å². The third kappa shape index (κ3) is 3.92. The molecule has 0 N–H and O–H groups in total. The number of thiazole rings is 1. The number of rotatable bonds is 5. The first kappa shape index (κ1) is 18.6. The molecule has 3 aromatic rings. The van der Waals surface area contributed by atoms with Gasteiger partial charge in [0.15, 0.2) is 0 Å². The van der Waals surface area contributed by atoms with Crippen molar-refractivity contribution in [2.24, 2.45) is 0 Å². The maximum Gasteiger partial charge on any atom is 0.228 e. The molecule has 1 saturated heterocycles. The smallest absolute Gasteiger partial charge is 0.228 e. The minimum Gasteiger partial charge on any atom is -0.368 e. The van der Waals surface area contributed by atoms with Gasteiger partial charge in [0.25, 0.3) is 0 Å². The van der Waals surface area contributed by atoms with Crippen molar-refractivity contribution in [3.8, 4) is 11.4 Å². The molecule has 10 heteroatoms. The van der Waals surface area contributed by atoms with Crippen molar-refractivity contribution in [1.29, 1.82) is 0 Å². The van der Waals surface area contributed by atoms with Crippen LogP contribution in [-0.4, -0.2) is 55.6 Å². The van der Waals surface area contributed by atoms with Gasteiger partial charge in [0, 0.05) is 24.5 Å². The van der Waals surface area contributed by atoms with E-state index in [0.29, 0.717) is 55.5 Å². The Labute approximate surface area is 165 Å². The Balaban J connectivity index is 1.52. The highest BCUT2D eigenvalue weighted by molar-refractivity contribution is 7.09. The van der Waals surface area contributed by atoms with Crippen molar-refractivity contribution < 1.29 is 14.1 Å². The molecule has 3 aromatic heterocycles. The van der Waals surface area contributed by atoms with Gasteiger partial charge in [-0.05, 0) is 6.92 Å². The Kier molecular flexibility index (Phi) is 5.40.